The summed E-state index contributed by atoms with van der Waals surface area (Å²) in [5.74, 6) is 2.41. The first kappa shape index (κ1) is 18.6. The van der Waals surface area contributed by atoms with E-state index in [0.29, 0.717) is 29.1 Å². The molecule has 6 nitrogen and oxygen atoms in total. The van der Waals surface area contributed by atoms with Crippen LogP contribution in [0.4, 0.5) is 19.0 Å². The molecule has 0 radical (unpaired) electrons. The lowest BCUT2D eigenvalue weighted by molar-refractivity contribution is -0.137. The zero-order valence-electron chi connectivity index (χ0n) is 15.4. The highest BCUT2D eigenvalue weighted by Crippen LogP contribution is 2.39. The predicted molar refractivity (Wildman–Crippen MR) is 101 cm³/mol. The molecule has 1 aliphatic heterocycles. The molecule has 1 atom stereocenters. The average Bonchev–Trinajstić information content (AvgIpc) is 3.46. The van der Waals surface area contributed by atoms with Gasteiger partial charge in [-0.2, -0.15) is 13.2 Å². The molecule has 3 aromatic rings. The Balaban J connectivity index is 1.45. The fraction of sp³-hybridized carbons (Fsp3) is 0.474. The van der Waals surface area contributed by atoms with E-state index in [1.54, 1.807) is 6.07 Å². The second-order valence-corrected chi connectivity index (χ2v) is 8.06. The lowest BCUT2D eigenvalue weighted by Crippen LogP contribution is -2.35. The van der Waals surface area contributed by atoms with Gasteiger partial charge in [0.05, 0.1) is 5.56 Å². The summed E-state index contributed by atoms with van der Waals surface area (Å²) in [5.41, 5.74) is -0.304. The molecule has 0 bridgehead atoms. The highest BCUT2D eigenvalue weighted by atomic mass is 35.5. The van der Waals surface area contributed by atoms with Crippen molar-refractivity contribution in [3.63, 3.8) is 0 Å². The smallest absolute Gasteiger partial charge is 0.356 e. The number of piperidine rings is 1. The molecule has 5 rings (SSSR count). The summed E-state index contributed by atoms with van der Waals surface area (Å²) in [6.07, 6.45) is 0.522. The SMILES string of the molecule is FC(F)(F)c1ccc2nnc(C3CCCN(c4cc(Cl)nc(C5CC5)n4)C3)n2c1. The third-order valence-electron chi connectivity index (χ3n) is 5.51. The van der Waals surface area contributed by atoms with Gasteiger partial charge in [0.25, 0.3) is 0 Å². The number of fused-ring (bicyclic) bond motifs is 1. The average molecular weight is 423 g/mol. The van der Waals surface area contributed by atoms with E-state index in [0.717, 1.165) is 56.1 Å². The van der Waals surface area contributed by atoms with Gasteiger partial charge < -0.3 is 4.90 Å². The summed E-state index contributed by atoms with van der Waals surface area (Å²) < 4.78 is 40.9. The Bertz CT molecular complexity index is 1060. The van der Waals surface area contributed by atoms with Gasteiger partial charge in [0.2, 0.25) is 0 Å². The van der Waals surface area contributed by atoms with Crippen LogP contribution in [0.2, 0.25) is 5.15 Å². The summed E-state index contributed by atoms with van der Waals surface area (Å²) in [6, 6.07) is 4.13. The number of anilines is 1. The van der Waals surface area contributed by atoms with Crippen LogP contribution in [-0.2, 0) is 6.18 Å². The van der Waals surface area contributed by atoms with Gasteiger partial charge in [-0.05, 0) is 37.8 Å². The van der Waals surface area contributed by atoms with E-state index in [2.05, 4.69) is 25.1 Å². The van der Waals surface area contributed by atoms with Crippen LogP contribution in [0.3, 0.4) is 0 Å². The van der Waals surface area contributed by atoms with Crippen LogP contribution < -0.4 is 4.90 Å². The molecule has 0 N–H and O–H groups in total. The molecule has 3 aromatic heterocycles. The minimum absolute atomic E-state index is 0.0552. The zero-order chi connectivity index (χ0) is 20.2. The quantitative estimate of drug-likeness (QED) is 0.583. The second kappa shape index (κ2) is 6.83. The predicted octanol–water partition coefficient (Wildman–Crippen LogP) is 4.45. The van der Waals surface area contributed by atoms with Crippen molar-refractivity contribution in [2.24, 2.45) is 0 Å². The molecule has 1 aliphatic carbocycles. The molecule has 29 heavy (non-hydrogen) atoms. The summed E-state index contributed by atoms with van der Waals surface area (Å²) in [7, 11) is 0. The Morgan fingerprint density at radius 3 is 2.62 bits per heavy atom. The highest BCUT2D eigenvalue weighted by molar-refractivity contribution is 6.29. The summed E-state index contributed by atoms with van der Waals surface area (Å²) in [5, 5.41) is 8.68. The zero-order valence-corrected chi connectivity index (χ0v) is 16.2. The van der Waals surface area contributed by atoms with E-state index in [9.17, 15) is 13.2 Å². The van der Waals surface area contributed by atoms with Crippen LogP contribution in [-0.4, -0.2) is 37.7 Å². The van der Waals surface area contributed by atoms with Gasteiger partial charge in [0.15, 0.2) is 5.65 Å². The lowest BCUT2D eigenvalue weighted by atomic mass is 9.97. The lowest BCUT2D eigenvalue weighted by Gasteiger charge is -2.33. The molecule has 1 unspecified atom stereocenters. The van der Waals surface area contributed by atoms with Crippen molar-refractivity contribution >= 4 is 23.1 Å². The van der Waals surface area contributed by atoms with Crippen LogP contribution in [0.25, 0.3) is 5.65 Å². The van der Waals surface area contributed by atoms with Gasteiger partial charge >= 0.3 is 6.18 Å². The third-order valence-corrected chi connectivity index (χ3v) is 5.70. The van der Waals surface area contributed by atoms with Gasteiger partial charge in [-0.1, -0.05) is 11.6 Å². The van der Waals surface area contributed by atoms with Crippen LogP contribution in [0.15, 0.2) is 24.4 Å². The first-order valence-electron chi connectivity index (χ1n) is 9.60. The normalized spacial score (nSPS) is 20.4. The minimum Gasteiger partial charge on any atom is -0.356 e. The number of hydrogen-bond donors (Lipinski definition) is 0. The van der Waals surface area contributed by atoms with Gasteiger partial charge in [0, 0.05) is 37.2 Å². The fourth-order valence-corrected chi connectivity index (χ4v) is 4.04. The van der Waals surface area contributed by atoms with Crippen molar-refractivity contribution in [3.8, 4) is 0 Å². The summed E-state index contributed by atoms with van der Waals surface area (Å²) >= 11 is 6.20. The van der Waals surface area contributed by atoms with Crippen molar-refractivity contribution in [2.45, 2.75) is 43.7 Å². The van der Waals surface area contributed by atoms with E-state index < -0.39 is 11.7 Å². The number of halogens is 4. The van der Waals surface area contributed by atoms with E-state index >= 15 is 0 Å². The maximum Gasteiger partial charge on any atom is 0.417 e. The molecule has 2 fully saturated rings. The van der Waals surface area contributed by atoms with E-state index in [4.69, 9.17) is 11.6 Å². The first-order chi connectivity index (χ1) is 13.9. The standard InChI is InChI=1S/C19H18ClF3N6/c20-14-8-16(25-17(24-14)11-3-4-11)28-7-1-2-12(9-28)18-27-26-15-6-5-13(10-29(15)18)19(21,22)23/h5-6,8,10-12H,1-4,7,9H2. The van der Waals surface area contributed by atoms with E-state index in [-0.39, 0.29) is 5.92 Å². The molecule has 1 saturated heterocycles. The molecular formula is C19H18ClF3N6. The molecule has 10 heteroatoms. The maximum absolute atomic E-state index is 13.1. The van der Waals surface area contributed by atoms with Crippen LogP contribution >= 0.6 is 11.6 Å². The Hall–Kier alpha value is -2.42. The molecule has 4 heterocycles. The highest BCUT2D eigenvalue weighted by Gasteiger charge is 2.33. The van der Waals surface area contributed by atoms with Crippen LogP contribution in [0.1, 0.15) is 54.7 Å². The molecule has 152 valence electrons. The second-order valence-electron chi connectivity index (χ2n) is 7.67. The Labute approximate surface area is 169 Å². The molecule has 0 amide bonds. The number of alkyl halides is 3. The summed E-state index contributed by atoms with van der Waals surface area (Å²) in [4.78, 5) is 11.1. The van der Waals surface area contributed by atoms with Crippen LogP contribution in [0, 0.1) is 0 Å². The number of rotatable bonds is 3. The Kier molecular flexibility index (Phi) is 4.38. The Morgan fingerprint density at radius 2 is 1.86 bits per heavy atom. The maximum atomic E-state index is 13.1. The molecule has 2 aliphatic rings. The molecule has 1 saturated carbocycles. The fourth-order valence-electron chi connectivity index (χ4n) is 3.86. The Morgan fingerprint density at radius 1 is 1.03 bits per heavy atom. The van der Waals surface area contributed by atoms with Gasteiger partial charge in [-0.15, -0.1) is 10.2 Å². The van der Waals surface area contributed by atoms with Crippen molar-refractivity contribution in [1.29, 1.82) is 0 Å². The molecule has 0 spiro atoms. The number of nitrogens with zero attached hydrogens (tertiary/aromatic N) is 6. The number of hydrogen-bond acceptors (Lipinski definition) is 5. The van der Waals surface area contributed by atoms with Gasteiger partial charge in [-0.25, -0.2) is 9.97 Å². The van der Waals surface area contributed by atoms with Crippen molar-refractivity contribution in [1.82, 2.24) is 24.6 Å². The van der Waals surface area contributed by atoms with Crippen molar-refractivity contribution in [2.75, 3.05) is 18.0 Å². The van der Waals surface area contributed by atoms with Gasteiger partial charge in [0.1, 0.15) is 22.6 Å². The minimum atomic E-state index is -4.41. The molecule has 0 aromatic carbocycles. The topological polar surface area (TPSA) is 59.2 Å². The first-order valence-corrected chi connectivity index (χ1v) is 9.97. The van der Waals surface area contributed by atoms with Crippen LogP contribution in [0.5, 0.6) is 0 Å². The molecular weight excluding hydrogens is 405 g/mol. The van der Waals surface area contributed by atoms with E-state index in [1.807, 2.05) is 0 Å². The number of aromatic nitrogens is 5. The van der Waals surface area contributed by atoms with E-state index in [1.165, 1.54) is 10.5 Å². The van der Waals surface area contributed by atoms with Crippen molar-refractivity contribution in [3.05, 3.63) is 46.8 Å². The number of pyridine rings is 1. The summed E-state index contributed by atoms with van der Waals surface area (Å²) in [6.45, 7) is 1.40. The largest absolute Gasteiger partial charge is 0.417 e. The van der Waals surface area contributed by atoms with Crippen molar-refractivity contribution < 1.29 is 13.2 Å². The van der Waals surface area contributed by atoms with Gasteiger partial charge in [-0.3, -0.25) is 4.40 Å². The monoisotopic (exact) mass is 422 g/mol. The third kappa shape index (κ3) is 3.63.